The Morgan fingerprint density at radius 1 is 1.37 bits per heavy atom. The number of anilines is 1. The second-order valence-corrected chi connectivity index (χ2v) is 11.2. The molecule has 1 amide bonds. The maximum absolute atomic E-state index is 13.3. The first-order chi connectivity index (χ1) is 12.5. The van der Waals surface area contributed by atoms with Crippen molar-refractivity contribution in [3.05, 3.63) is 18.2 Å². The minimum Gasteiger partial charge on any atom is -0.495 e. The van der Waals surface area contributed by atoms with Gasteiger partial charge in [-0.2, -0.15) is 4.31 Å². The Morgan fingerprint density at radius 3 is 2.52 bits per heavy atom. The number of nitrogens with one attached hydrogen (secondary N) is 1. The quantitative estimate of drug-likeness (QED) is 0.718. The number of benzene rings is 1. The third-order valence-electron chi connectivity index (χ3n) is 4.25. The van der Waals surface area contributed by atoms with E-state index in [1.54, 1.807) is 0 Å². The molecule has 1 aliphatic heterocycles. The highest BCUT2D eigenvalue weighted by Crippen LogP contribution is 2.31. The summed E-state index contributed by atoms with van der Waals surface area (Å²) in [5.74, 6) is -0.230. The fraction of sp³-hybridized carbons (Fsp3) is 0.588. The lowest BCUT2D eigenvalue weighted by molar-refractivity contribution is -0.114. The van der Waals surface area contributed by atoms with E-state index in [2.05, 4.69) is 5.32 Å². The van der Waals surface area contributed by atoms with E-state index < -0.39 is 25.9 Å². The van der Waals surface area contributed by atoms with Gasteiger partial charge >= 0.3 is 0 Å². The third-order valence-corrected chi connectivity index (χ3v) is 7.92. The van der Waals surface area contributed by atoms with E-state index in [1.165, 1.54) is 36.5 Å². The second-order valence-electron chi connectivity index (χ2n) is 7.07. The Bertz CT molecular complexity index is 909. The van der Waals surface area contributed by atoms with Gasteiger partial charge in [0.2, 0.25) is 15.9 Å². The Morgan fingerprint density at radius 2 is 2.04 bits per heavy atom. The molecule has 1 heterocycles. The molecule has 8 nitrogen and oxygen atoms in total. The molecule has 1 atom stereocenters. The SMILES string of the molecule is COc1cc(S(=O)(=O)N(CC(C)C)[C@H]2CCS(=O)(=O)C2)ccc1NC(C)=O. The van der Waals surface area contributed by atoms with E-state index in [0.29, 0.717) is 5.69 Å². The number of nitrogens with zero attached hydrogens (tertiary/aromatic N) is 1. The van der Waals surface area contributed by atoms with Crippen molar-refractivity contribution >= 4 is 31.5 Å². The summed E-state index contributed by atoms with van der Waals surface area (Å²) in [6.45, 7) is 5.33. The van der Waals surface area contributed by atoms with Gasteiger partial charge in [-0.25, -0.2) is 16.8 Å². The molecule has 1 aliphatic rings. The van der Waals surface area contributed by atoms with Crippen LogP contribution in [0.2, 0.25) is 0 Å². The Balaban J connectivity index is 2.44. The third kappa shape index (κ3) is 5.20. The normalized spacial score (nSPS) is 19.4. The maximum Gasteiger partial charge on any atom is 0.243 e. The molecule has 0 aromatic heterocycles. The average molecular weight is 419 g/mol. The van der Waals surface area contributed by atoms with Crippen LogP contribution < -0.4 is 10.1 Å². The highest BCUT2D eigenvalue weighted by Gasteiger charge is 2.39. The van der Waals surface area contributed by atoms with Gasteiger partial charge in [0.05, 0.1) is 29.2 Å². The lowest BCUT2D eigenvalue weighted by Gasteiger charge is -2.29. The molecule has 27 heavy (non-hydrogen) atoms. The largest absolute Gasteiger partial charge is 0.495 e. The summed E-state index contributed by atoms with van der Waals surface area (Å²) in [4.78, 5) is 11.3. The molecule has 0 saturated carbocycles. The summed E-state index contributed by atoms with van der Waals surface area (Å²) < 4.78 is 56.7. The lowest BCUT2D eigenvalue weighted by atomic mass is 10.2. The van der Waals surface area contributed by atoms with Crippen molar-refractivity contribution in [3.8, 4) is 5.75 Å². The molecule has 0 aliphatic carbocycles. The molecule has 0 unspecified atom stereocenters. The number of amides is 1. The standard InChI is InChI=1S/C17H26N2O6S2/c1-12(2)10-19(14-7-8-26(21,22)11-14)27(23,24)15-5-6-16(18-13(3)20)17(9-15)25-4/h5-6,9,12,14H,7-8,10-11H2,1-4H3,(H,18,20)/t14-/m0/s1. The molecule has 1 saturated heterocycles. The van der Waals surface area contributed by atoms with Crippen molar-refractivity contribution in [2.24, 2.45) is 5.92 Å². The number of hydrogen-bond acceptors (Lipinski definition) is 6. The molecule has 0 bridgehead atoms. The molecular weight excluding hydrogens is 392 g/mol. The van der Waals surface area contributed by atoms with Gasteiger partial charge in [0.1, 0.15) is 5.75 Å². The Labute approximate surface area is 160 Å². The first-order valence-electron chi connectivity index (χ1n) is 8.64. The maximum atomic E-state index is 13.3. The molecule has 152 valence electrons. The zero-order valence-corrected chi connectivity index (χ0v) is 17.6. The van der Waals surface area contributed by atoms with Gasteiger partial charge in [-0.1, -0.05) is 13.8 Å². The van der Waals surface area contributed by atoms with Gasteiger partial charge in [-0.3, -0.25) is 4.79 Å². The van der Waals surface area contributed by atoms with Gasteiger partial charge in [0.15, 0.2) is 9.84 Å². The van der Waals surface area contributed by atoms with Gasteiger partial charge in [0.25, 0.3) is 0 Å². The van der Waals surface area contributed by atoms with Crippen LogP contribution in [0.5, 0.6) is 5.75 Å². The van der Waals surface area contributed by atoms with Crippen LogP contribution in [-0.4, -0.2) is 58.3 Å². The van der Waals surface area contributed by atoms with Crippen LogP contribution in [0, 0.1) is 5.92 Å². The summed E-state index contributed by atoms with van der Waals surface area (Å²) in [6.07, 6.45) is 0.287. The molecule has 0 spiro atoms. The molecule has 1 aromatic rings. The highest BCUT2D eigenvalue weighted by atomic mass is 32.2. The van der Waals surface area contributed by atoms with Crippen LogP contribution in [0.15, 0.2) is 23.1 Å². The second kappa shape index (κ2) is 8.15. The van der Waals surface area contributed by atoms with Crippen molar-refractivity contribution in [1.29, 1.82) is 0 Å². The first kappa shape index (κ1) is 21.6. The van der Waals surface area contributed by atoms with Crippen molar-refractivity contribution in [2.75, 3.05) is 30.5 Å². The van der Waals surface area contributed by atoms with Crippen LogP contribution >= 0.6 is 0 Å². The van der Waals surface area contributed by atoms with E-state index in [1.807, 2.05) is 13.8 Å². The van der Waals surface area contributed by atoms with E-state index in [9.17, 15) is 21.6 Å². The van der Waals surface area contributed by atoms with E-state index >= 15 is 0 Å². The predicted molar refractivity (Wildman–Crippen MR) is 103 cm³/mol. The van der Waals surface area contributed by atoms with Crippen LogP contribution in [-0.2, 0) is 24.7 Å². The summed E-state index contributed by atoms with van der Waals surface area (Å²) in [5, 5.41) is 2.58. The highest BCUT2D eigenvalue weighted by molar-refractivity contribution is 7.92. The van der Waals surface area contributed by atoms with Crippen LogP contribution in [0.1, 0.15) is 27.2 Å². The summed E-state index contributed by atoms with van der Waals surface area (Å²) in [6, 6.07) is 3.62. The van der Waals surface area contributed by atoms with Gasteiger partial charge in [-0.15, -0.1) is 0 Å². The van der Waals surface area contributed by atoms with Crippen LogP contribution in [0.25, 0.3) is 0 Å². The van der Waals surface area contributed by atoms with Crippen molar-refractivity contribution in [2.45, 2.75) is 38.1 Å². The summed E-state index contributed by atoms with van der Waals surface area (Å²) in [7, 11) is -5.78. The number of sulfone groups is 1. The van der Waals surface area contributed by atoms with Crippen LogP contribution in [0.3, 0.4) is 0 Å². The predicted octanol–water partition coefficient (Wildman–Crippen LogP) is 1.49. The number of hydrogen-bond donors (Lipinski definition) is 1. The number of sulfonamides is 1. The minimum absolute atomic E-state index is 0.00148. The van der Waals surface area contributed by atoms with Crippen molar-refractivity contribution in [3.63, 3.8) is 0 Å². The topological polar surface area (TPSA) is 110 Å². The van der Waals surface area contributed by atoms with E-state index in [-0.39, 0.29) is 46.9 Å². The fourth-order valence-corrected chi connectivity index (χ4v) is 6.72. The molecule has 10 heteroatoms. The number of ether oxygens (including phenoxy) is 1. The minimum atomic E-state index is -3.93. The van der Waals surface area contributed by atoms with Crippen molar-refractivity contribution in [1.82, 2.24) is 4.31 Å². The smallest absolute Gasteiger partial charge is 0.243 e. The summed E-state index contributed by atoms with van der Waals surface area (Å²) >= 11 is 0. The summed E-state index contributed by atoms with van der Waals surface area (Å²) in [5.41, 5.74) is 0.364. The lowest BCUT2D eigenvalue weighted by Crippen LogP contribution is -2.43. The van der Waals surface area contributed by atoms with Gasteiger partial charge < -0.3 is 10.1 Å². The average Bonchev–Trinajstić information content (AvgIpc) is 2.91. The Kier molecular flexibility index (Phi) is 6.54. The zero-order chi connectivity index (χ0) is 20.4. The molecule has 1 N–H and O–H groups in total. The fourth-order valence-electron chi connectivity index (χ4n) is 3.07. The van der Waals surface area contributed by atoms with Crippen molar-refractivity contribution < 1.29 is 26.4 Å². The monoisotopic (exact) mass is 418 g/mol. The number of carbonyl (C=O) groups excluding carboxylic acids is 1. The zero-order valence-electron chi connectivity index (χ0n) is 15.9. The van der Waals surface area contributed by atoms with E-state index in [4.69, 9.17) is 4.74 Å². The van der Waals surface area contributed by atoms with Crippen LogP contribution in [0.4, 0.5) is 5.69 Å². The van der Waals surface area contributed by atoms with Gasteiger partial charge in [-0.05, 0) is 24.5 Å². The number of rotatable bonds is 7. The first-order valence-corrected chi connectivity index (χ1v) is 11.9. The Hall–Kier alpha value is -1.65. The molecule has 1 aromatic carbocycles. The molecule has 1 fully saturated rings. The number of methoxy groups -OCH3 is 1. The molecule has 0 radical (unpaired) electrons. The molecular formula is C17H26N2O6S2. The van der Waals surface area contributed by atoms with E-state index in [0.717, 1.165) is 0 Å². The van der Waals surface area contributed by atoms with Gasteiger partial charge in [0, 0.05) is 25.6 Å². The molecule has 2 rings (SSSR count). The number of carbonyl (C=O) groups is 1.